The van der Waals surface area contributed by atoms with E-state index in [0.717, 1.165) is 17.7 Å². The molecule has 2 aromatic rings. The number of rotatable bonds is 6. The first-order valence-electron chi connectivity index (χ1n) is 6.76. The van der Waals surface area contributed by atoms with Gasteiger partial charge in [-0.25, -0.2) is 9.97 Å². The number of aldehydes is 1. The Labute approximate surface area is 132 Å². The molecule has 1 aromatic carbocycles. The number of carbonyl (C=O) groups is 1. The van der Waals surface area contributed by atoms with Gasteiger partial charge in [-0.15, -0.1) is 0 Å². The molecule has 1 aliphatic rings. The van der Waals surface area contributed by atoms with Crippen molar-refractivity contribution in [3.63, 3.8) is 0 Å². The molecule has 0 amide bonds. The van der Waals surface area contributed by atoms with Gasteiger partial charge in [0, 0.05) is 11.9 Å². The van der Waals surface area contributed by atoms with Crippen molar-refractivity contribution in [1.29, 1.82) is 0 Å². The molecule has 0 unspecified atom stereocenters. The van der Waals surface area contributed by atoms with E-state index in [9.17, 15) is 4.79 Å². The molecule has 114 valence electrons. The molecule has 0 bridgehead atoms. The van der Waals surface area contributed by atoms with Gasteiger partial charge in [-0.2, -0.15) is 0 Å². The van der Waals surface area contributed by atoms with Crippen molar-refractivity contribution in [2.24, 2.45) is 0 Å². The lowest BCUT2D eigenvalue weighted by molar-refractivity contribution is -0.0796. The Balaban J connectivity index is 1.73. The second-order valence-electron chi connectivity index (χ2n) is 4.71. The number of thioether (sulfide) groups is 1. The minimum Gasteiger partial charge on any atom is -0.486 e. The Hall–Kier alpha value is -2.12. The maximum Gasteiger partial charge on any atom is 0.189 e. The van der Waals surface area contributed by atoms with E-state index in [0.29, 0.717) is 29.8 Å². The number of carbonyl (C=O) groups excluding carboxylic acids is 1. The fourth-order valence-corrected chi connectivity index (χ4v) is 2.23. The second-order valence-corrected chi connectivity index (χ2v) is 5.48. The summed E-state index contributed by atoms with van der Waals surface area (Å²) in [6, 6.07) is 7.50. The number of nitrogens with zero attached hydrogens (tertiary/aromatic N) is 2. The maximum atomic E-state index is 11.1. The lowest BCUT2D eigenvalue weighted by Crippen LogP contribution is -2.38. The van der Waals surface area contributed by atoms with Gasteiger partial charge >= 0.3 is 0 Å². The molecule has 1 aromatic heterocycles. The fourth-order valence-electron chi connectivity index (χ4n) is 1.89. The van der Waals surface area contributed by atoms with Crippen LogP contribution in [0.4, 0.5) is 11.5 Å². The molecule has 1 aliphatic heterocycles. The van der Waals surface area contributed by atoms with Crippen LogP contribution in [0.2, 0.25) is 0 Å². The molecule has 1 saturated heterocycles. The van der Waals surface area contributed by atoms with Crippen LogP contribution in [0.5, 0.6) is 5.75 Å². The van der Waals surface area contributed by atoms with Gasteiger partial charge < -0.3 is 14.8 Å². The highest BCUT2D eigenvalue weighted by molar-refractivity contribution is 7.98. The summed E-state index contributed by atoms with van der Waals surface area (Å²) in [4.78, 5) is 19.5. The van der Waals surface area contributed by atoms with Crippen LogP contribution in [0, 0.1) is 0 Å². The van der Waals surface area contributed by atoms with E-state index in [-0.39, 0.29) is 6.10 Å². The quantitative estimate of drug-likeness (QED) is 0.498. The monoisotopic (exact) mass is 317 g/mol. The van der Waals surface area contributed by atoms with Gasteiger partial charge in [0.1, 0.15) is 17.7 Å². The van der Waals surface area contributed by atoms with E-state index in [1.807, 2.05) is 30.5 Å². The minimum atomic E-state index is 0.145. The van der Waals surface area contributed by atoms with Crippen LogP contribution in [0.25, 0.3) is 0 Å². The number of nitrogens with one attached hydrogen (secondary N) is 1. The predicted octanol–water partition coefficient (Wildman–Crippen LogP) is 2.53. The smallest absolute Gasteiger partial charge is 0.189 e. The molecule has 1 N–H and O–H groups in total. The molecule has 3 rings (SSSR count). The summed E-state index contributed by atoms with van der Waals surface area (Å²) in [5.74, 6) is 1.29. The van der Waals surface area contributed by atoms with Crippen molar-refractivity contribution >= 4 is 29.6 Å². The number of hydrogen-bond donors (Lipinski definition) is 1. The molecule has 0 radical (unpaired) electrons. The maximum absolute atomic E-state index is 11.1. The first-order valence-corrected chi connectivity index (χ1v) is 7.98. The van der Waals surface area contributed by atoms with Crippen LogP contribution in [0.1, 0.15) is 10.4 Å². The normalized spacial score (nSPS) is 14.2. The van der Waals surface area contributed by atoms with Crippen molar-refractivity contribution in [2.45, 2.75) is 11.3 Å². The van der Waals surface area contributed by atoms with Crippen molar-refractivity contribution in [1.82, 2.24) is 9.97 Å². The zero-order valence-electron chi connectivity index (χ0n) is 12.0. The number of aromatic nitrogens is 2. The van der Waals surface area contributed by atoms with Gasteiger partial charge in [-0.3, -0.25) is 4.79 Å². The number of benzene rings is 1. The minimum absolute atomic E-state index is 0.145. The highest BCUT2D eigenvalue weighted by Gasteiger charge is 2.19. The van der Waals surface area contributed by atoms with Crippen LogP contribution in [0.15, 0.2) is 35.6 Å². The lowest BCUT2D eigenvalue weighted by Gasteiger charge is -2.26. The Morgan fingerprint density at radius 3 is 2.73 bits per heavy atom. The molecule has 0 atom stereocenters. The average molecular weight is 317 g/mol. The lowest BCUT2D eigenvalue weighted by atomic mass is 10.2. The van der Waals surface area contributed by atoms with E-state index in [1.165, 1.54) is 18.0 Å². The molecule has 0 spiro atoms. The van der Waals surface area contributed by atoms with E-state index >= 15 is 0 Å². The van der Waals surface area contributed by atoms with Gasteiger partial charge in [0.25, 0.3) is 0 Å². The first-order chi connectivity index (χ1) is 10.8. The third-order valence-corrected chi connectivity index (χ3v) is 3.69. The van der Waals surface area contributed by atoms with E-state index in [4.69, 9.17) is 9.47 Å². The number of hydrogen-bond acceptors (Lipinski definition) is 7. The summed E-state index contributed by atoms with van der Waals surface area (Å²) < 4.78 is 10.8. The van der Waals surface area contributed by atoms with Crippen LogP contribution in [-0.2, 0) is 4.74 Å². The van der Waals surface area contributed by atoms with Crippen LogP contribution in [0.3, 0.4) is 0 Å². The number of anilines is 2. The molecule has 22 heavy (non-hydrogen) atoms. The Morgan fingerprint density at radius 2 is 2.14 bits per heavy atom. The van der Waals surface area contributed by atoms with Gasteiger partial charge in [0.15, 0.2) is 11.4 Å². The van der Waals surface area contributed by atoms with Gasteiger partial charge in [-0.1, -0.05) is 11.8 Å². The average Bonchev–Trinajstić information content (AvgIpc) is 2.52. The Bertz CT molecular complexity index is 660. The zero-order valence-corrected chi connectivity index (χ0v) is 12.8. The molecule has 0 aliphatic carbocycles. The van der Waals surface area contributed by atoms with Gasteiger partial charge in [-0.05, 0) is 30.5 Å². The summed E-state index contributed by atoms with van der Waals surface area (Å²) in [6.07, 6.45) is 4.28. The van der Waals surface area contributed by atoms with E-state index in [2.05, 4.69) is 15.3 Å². The second kappa shape index (κ2) is 6.76. The van der Waals surface area contributed by atoms with Gasteiger partial charge in [0.05, 0.1) is 18.8 Å². The SMILES string of the molecule is CSc1ncc(C=O)c(Nc2ccc(OC3COC3)cc2)n1. The molecule has 2 heterocycles. The van der Waals surface area contributed by atoms with Crippen LogP contribution in [-0.4, -0.2) is 41.8 Å². The van der Waals surface area contributed by atoms with Crippen molar-refractivity contribution in [3.05, 3.63) is 36.0 Å². The largest absolute Gasteiger partial charge is 0.486 e. The summed E-state index contributed by atoms with van der Waals surface area (Å²) in [7, 11) is 0. The third kappa shape index (κ3) is 3.37. The van der Waals surface area contributed by atoms with Crippen molar-refractivity contribution < 1.29 is 14.3 Å². The molecular formula is C15H15N3O3S. The zero-order chi connectivity index (χ0) is 15.4. The van der Waals surface area contributed by atoms with Crippen LogP contribution < -0.4 is 10.1 Å². The first kappa shape index (κ1) is 14.8. The summed E-state index contributed by atoms with van der Waals surface area (Å²) in [5, 5.41) is 3.74. The third-order valence-electron chi connectivity index (χ3n) is 3.13. The highest BCUT2D eigenvalue weighted by atomic mass is 32.2. The van der Waals surface area contributed by atoms with Crippen molar-refractivity contribution in [2.75, 3.05) is 24.8 Å². The van der Waals surface area contributed by atoms with Gasteiger partial charge in [0.2, 0.25) is 0 Å². The molecule has 0 saturated carbocycles. The predicted molar refractivity (Wildman–Crippen MR) is 84.2 cm³/mol. The Morgan fingerprint density at radius 1 is 1.36 bits per heavy atom. The molecule has 6 nitrogen and oxygen atoms in total. The van der Waals surface area contributed by atoms with Crippen LogP contribution >= 0.6 is 11.8 Å². The van der Waals surface area contributed by atoms with E-state index in [1.54, 1.807) is 0 Å². The molecular weight excluding hydrogens is 302 g/mol. The molecule has 1 fully saturated rings. The Kier molecular flexibility index (Phi) is 4.55. The molecule has 7 heteroatoms. The standard InChI is InChI=1S/C15H15N3O3S/c1-22-15-16-6-10(7-19)14(18-15)17-11-2-4-12(5-3-11)21-13-8-20-9-13/h2-7,13H,8-9H2,1H3,(H,16,17,18). The van der Waals surface area contributed by atoms with Crippen molar-refractivity contribution in [3.8, 4) is 5.75 Å². The number of ether oxygens (including phenoxy) is 2. The summed E-state index contributed by atoms with van der Waals surface area (Å²) in [5.41, 5.74) is 1.25. The highest BCUT2D eigenvalue weighted by Crippen LogP contribution is 2.23. The summed E-state index contributed by atoms with van der Waals surface area (Å²) >= 11 is 1.42. The summed E-state index contributed by atoms with van der Waals surface area (Å²) in [6.45, 7) is 1.28. The van der Waals surface area contributed by atoms with E-state index < -0.39 is 0 Å². The fraction of sp³-hybridized carbons (Fsp3) is 0.267. The topological polar surface area (TPSA) is 73.3 Å².